The molecule has 0 aliphatic rings. The zero-order valence-electron chi connectivity index (χ0n) is 15.8. The van der Waals surface area contributed by atoms with Gasteiger partial charge in [0.2, 0.25) is 0 Å². The molecule has 0 fully saturated rings. The van der Waals surface area contributed by atoms with E-state index in [1.807, 2.05) is 14.1 Å². The molecule has 0 aliphatic heterocycles. The lowest BCUT2D eigenvalue weighted by Gasteiger charge is -2.23. The van der Waals surface area contributed by atoms with E-state index in [1.54, 1.807) is 24.3 Å². The molecule has 26 heavy (non-hydrogen) atoms. The Morgan fingerprint density at radius 1 is 1.12 bits per heavy atom. The van der Waals surface area contributed by atoms with Gasteiger partial charge in [0.15, 0.2) is 6.61 Å². The highest BCUT2D eigenvalue weighted by molar-refractivity contribution is 6.30. The summed E-state index contributed by atoms with van der Waals surface area (Å²) in [6, 6.07) is 15.5. The number of nitrogens with zero attached hydrogens (tertiary/aromatic N) is 1. The Balaban J connectivity index is 1.89. The Hall–Kier alpha value is -2.24. The molecule has 140 valence electrons. The van der Waals surface area contributed by atoms with Gasteiger partial charge in [0.25, 0.3) is 5.91 Å². The number of amides is 1. The molecule has 0 spiro atoms. The van der Waals surface area contributed by atoms with Gasteiger partial charge >= 0.3 is 0 Å². The van der Waals surface area contributed by atoms with Gasteiger partial charge in [-0.05, 0) is 36.4 Å². The summed E-state index contributed by atoms with van der Waals surface area (Å²) in [7, 11) is 8.21. The largest absolute Gasteiger partial charge is 0.484 e. The van der Waals surface area contributed by atoms with E-state index in [0.29, 0.717) is 17.3 Å². The van der Waals surface area contributed by atoms with Crippen LogP contribution in [0.1, 0.15) is 11.6 Å². The van der Waals surface area contributed by atoms with Gasteiger partial charge in [-0.1, -0.05) is 23.7 Å². The van der Waals surface area contributed by atoms with Crippen LogP contribution in [0, 0.1) is 0 Å². The summed E-state index contributed by atoms with van der Waals surface area (Å²) in [5.74, 6) is 0.481. The van der Waals surface area contributed by atoms with Crippen molar-refractivity contribution >= 4 is 23.2 Å². The van der Waals surface area contributed by atoms with Crippen LogP contribution in [0.3, 0.4) is 0 Å². The Labute approximate surface area is 160 Å². The van der Waals surface area contributed by atoms with Crippen LogP contribution in [0.5, 0.6) is 5.75 Å². The van der Waals surface area contributed by atoms with Crippen LogP contribution in [0.4, 0.5) is 5.69 Å². The molecule has 0 bridgehead atoms. The van der Waals surface area contributed by atoms with Crippen LogP contribution >= 0.6 is 11.6 Å². The molecule has 1 amide bonds. The molecule has 0 unspecified atom stereocenters. The van der Waals surface area contributed by atoms with Gasteiger partial charge in [0.05, 0.1) is 20.6 Å². The summed E-state index contributed by atoms with van der Waals surface area (Å²) in [6.07, 6.45) is 0. The number of hydrogen-bond donors (Lipinski definition) is 2. The van der Waals surface area contributed by atoms with Crippen molar-refractivity contribution < 1.29 is 14.4 Å². The van der Waals surface area contributed by atoms with Gasteiger partial charge in [-0.25, -0.2) is 0 Å². The Kier molecular flexibility index (Phi) is 7.30. The molecule has 2 aromatic rings. The molecule has 0 aromatic heterocycles. The summed E-state index contributed by atoms with van der Waals surface area (Å²) < 4.78 is 5.48. The minimum absolute atomic E-state index is 0.0172. The third-order valence-corrected chi connectivity index (χ3v) is 4.45. The van der Waals surface area contributed by atoms with Crippen LogP contribution < -0.4 is 19.9 Å². The molecule has 6 heteroatoms. The number of carbonyl (C=O) groups excluding carboxylic acids is 1. The number of anilines is 1. The summed E-state index contributed by atoms with van der Waals surface area (Å²) in [6.45, 7) is 0.531. The van der Waals surface area contributed by atoms with E-state index < -0.39 is 0 Å². The molecular formula is C20H27ClN3O2+. The number of rotatable bonds is 8. The first kappa shape index (κ1) is 20.1. The van der Waals surface area contributed by atoms with E-state index in [-0.39, 0.29) is 18.6 Å². The van der Waals surface area contributed by atoms with Crippen LogP contribution in [0.25, 0.3) is 0 Å². The second kappa shape index (κ2) is 9.46. The molecule has 1 atom stereocenters. The molecule has 2 N–H and O–H groups in total. The fraction of sp³-hybridized carbons (Fsp3) is 0.350. The standard InChI is InChI=1S/C20H26ClN3O2/c1-23(2)17-9-5-15(6-10-17)19(24(3)4)13-22-20(25)14-26-18-11-7-16(21)8-12-18/h5-12,19H,13-14H2,1-4H3,(H,22,25)/p+1/t19-/m0/s1. The van der Waals surface area contributed by atoms with Crippen molar-refractivity contribution in [1.82, 2.24) is 5.32 Å². The van der Waals surface area contributed by atoms with Crippen molar-refractivity contribution in [1.29, 1.82) is 0 Å². The van der Waals surface area contributed by atoms with Gasteiger partial charge in [-0.15, -0.1) is 0 Å². The lowest BCUT2D eigenvalue weighted by atomic mass is 10.1. The Morgan fingerprint density at radius 3 is 2.27 bits per heavy atom. The third-order valence-electron chi connectivity index (χ3n) is 4.20. The average Bonchev–Trinajstić information content (AvgIpc) is 2.61. The van der Waals surface area contributed by atoms with Crippen LogP contribution in [0.2, 0.25) is 5.02 Å². The van der Waals surface area contributed by atoms with Gasteiger partial charge < -0.3 is 19.9 Å². The minimum Gasteiger partial charge on any atom is -0.484 e. The Morgan fingerprint density at radius 2 is 1.73 bits per heavy atom. The Bertz CT molecular complexity index is 700. The van der Waals surface area contributed by atoms with Crippen LogP contribution in [-0.4, -0.2) is 47.2 Å². The molecule has 2 rings (SSSR count). The first-order valence-corrected chi connectivity index (χ1v) is 8.97. The second-order valence-corrected chi connectivity index (χ2v) is 7.10. The van der Waals surface area contributed by atoms with Gasteiger partial charge in [0, 0.05) is 30.4 Å². The maximum atomic E-state index is 12.1. The van der Waals surface area contributed by atoms with E-state index in [0.717, 1.165) is 5.69 Å². The van der Waals surface area contributed by atoms with Crippen molar-refractivity contribution in [3.05, 3.63) is 59.1 Å². The highest BCUT2D eigenvalue weighted by Gasteiger charge is 2.19. The minimum atomic E-state index is -0.142. The molecule has 2 aromatic carbocycles. The van der Waals surface area contributed by atoms with E-state index in [4.69, 9.17) is 16.3 Å². The fourth-order valence-corrected chi connectivity index (χ4v) is 2.73. The number of benzene rings is 2. The van der Waals surface area contributed by atoms with E-state index in [9.17, 15) is 4.79 Å². The molecular weight excluding hydrogens is 350 g/mol. The van der Waals surface area contributed by atoms with Crippen molar-refractivity contribution in [2.45, 2.75) is 6.04 Å². The predicted octanol–water partition coefficient (Wildman–Crippen LogP) is 1.79. The fourth-order valence-electron chi connectivity index (χ4n) is 2.61. The molecule has 0 saturated carbocycles. The van der Waals surface area contributed by atoms with Crippen molar-refractivity contribution in [2.75, 3.05) is 46.2 Å². The summed E-state index contributed by atoms with van der Waals surface area (Å²) >= 11 is 5.83. The quantitative estimate of drug-likeness (QED) is 0.738. The number of nitrogens with one attached hydrogen (secondary N) is 2. The molecule has 0 heterocycles. The average molecular weight is 377 g/mol. The first-order valence-electron chi connectivity index (χ1n) is 8.59. The monoisotopic (exact) mass is 376 g/mol. The molecule has 5 nitrogen and oxygen atoms in total. The van der Waals surface area contributed by atoms with Crippen molar-refractivity contribution in [3.8, 4) is 5.75 Å². The maximum Gasteiger partial charge on any atom is 0.258 e. The van der Waals surface area contributed by atoms with Gasteiger partial charge in [-0.2, -0.15) is 0 Å². The number of carbonyl (C=O) groups is 1. The lowest BCUT2D eigenvalue weighted by molar-refractivity contribution is -0.890. The van der Waals surface area contributed by atoms with Gasteiger partial charge in [0.1, 0.15) is 11.8 Å². The highest BCUT2D eigenvalue weighted by atomic mass is 35.5. The number of hydrogen-bond acceptors (Lipinski definition) is 3. The topological polar surface area (TPSA) is 46.0 Å². The first-order chi connectivity index (χ1) is 12.4. The number of halogens is 1. The lowest BCUT2D eigenvalue weighted by Crippen LogP contribution is -3.07. The molecule has 0 radical (unpaired) electrons. The van der Waals surface area contributed by atoms with E-state index in [2.05, 4.69) is 48.6 Å². The highest BCUT2D eigenvalue weighted by Crippen LogP contribution is 2.17. The predicted molar refractivity (Wildman–Crippen MR) is 106 cm³/mol. The number of likely N-dealkylation sites (N-methyl/N-ethyl adjacent to an activating group) is 1. The van der Waals surface area contributed by atoms with Crippen molar-refractivity contribution in [2.24, 2.45) is 0 Å². The summed E-state index contributed by atoms with van der Waals surface area (Å²) in [5, 5.41) is 3.60. The third kappa shape index (κ3) is 5.93. The van der Waals surface area contributed by atoms with Crippen LogP contribution in [0.15, 0.2) is 48.5 Å². The van der Waals surface area contributed by atoms with E-state index >= 15 is 0 Å². The molecule has 0 saturated heterocycles. The van der Waals surface area contributed by atoms with Crippen LogP contribution in [-0.2, 0) is 4.79 Å². The van der Waals surface area contributed by atoms with E-state index in [1.165, 1.54) is 10.5 Å². The second-order valence-electron chi connectivity index (χ2n) is 6.66. The molecule has 0 aliphatic carbocycles. The number of ether oxygens (including phenoxy) is 1. The number of quaternary nitrogens is 1. The SMILES string of the molecule is CN(C)c1ccc([C@H](CNC(=O)COc2ccc(Cl)cc2)[NH+](C)C)cc1. The zero-order chi connectivity index (χ0) is 19.1. The zero-order valence-corrected chi connectivity index (χ0v) is 16.5. The van der Waals surface area contributed by atoms with Gasteiger partial charge in [-0.3, -0.25) is 4.79 Å². The smallest absolute Gasteiger partial charge is 0.258 e. The summed E-state index contributed by atoms with van der Waals surface area (Å²) in [5.41, 5.74) is 2.34. The van der Waals surface area contributed by atoms with Crippen molar-refractivity contribution in [3.63, 3.8) is 0 Å². The maximum absolute atomic E-state index is 12.1. The summed E-state index contributed by atoms with van der Waals surface area (Å²) in [4.78, 5) is 15.4. The normalized spacial score (nSPS) is 11.9.